The van der Waals surface area contributed by atoms with Crippen molar-refractivity contribution in [3.05, 3.63) is 64.7 Å². The molecule has 0 fully saturated rings. The third-order valence-electron chi connectivity index (χ3n) is 3.50. The van der Waals surface area contributed by atoms with E-state index in [1.165, 1.54) is 23.9 Å². The maximum absolute atomic E-state index is 13.3. The van der Waals surface area contributed by atoms with Crippen molar-refractivity contribution in [1.82, 2.24) is 0 Å². The zero-order chi connectivity index (χ0) is 17.8. The largest absolute Gasteiger partial charge is 0.486 e. The van der Waals surface area contributed by atoms with Crippen LogP contribution < -0.4 is 14.8 Å². The lowest BCUT2D eigenvalue weighted by Crippen LogP contribution is -2.15. The number of hydrogen-bond acceptors (Lipinski definition) is 5. The summed E-state index contributed by atoms with van der Waals surface area (Å²) >= 11 is 1.28. The third-order valence-corrected chi connectivity index (χ3v) is 4.16. The van der Waals surface area contributed by atoms with Gasteiger partial charge in [0.25, 0.3) is 0 Å². The van der Waals surface area contributed by atoms with E-state index in [-0.39, 0.29) is 5.78 Å². The van der Waals surface area contributed by atoms with E-state index >= 15 is 0 Å². The lowest BCUT2D eigenvalue weighted by Gasteiger charge is -2.18. The lowest BCUT2D eigenvalue weighted by atomic mass is 10.1. The number of rotatable bonds is 5. The molecule has 130 valence electrons. The number of carbonyl (C=O) groups is 1. The van der Waals surface area contributed by atoms with Gasteiger partial charge < -0.3 is 14.8 Å². The Balaban J connectivity index is 1.79. The fourth-order valence-electron chi connectivity index (χ4n) is 2.26. The minimum absolute atomic E-state index is 0.239. The molecule has 1 heterocycles. The molecular formula is C18H15F2NO3S. The van der Waals surface area contributed by atoms with Gasteiger partial charge >= 0.3 is 0 Å². The van der Waals surface area contributed by atoms with Crippen molar-refractivity contribution in [2.75, 3.05) is 24.8 Å². The number of ether oxygens (including phenoxy) is 2. The smallest absolute Gasteiger partial charge is 0.188 e. The van der Waals surface area contributed by atoms with E-state index in [9.17, 15) is 13.6 Å². The molecule has 1 N–H and O–H groups in total. The summed E-state index contributed by atoms with van der Waals surface area (Å²) < 4.78 is 37.2. The first-order valence-corrected chi connectivity index (χ1v) is 8.71. The Morgan fingerprint density at radius 1 is 1.08 bits per heavy atom. The summed E-state index contributed by atoms with van der Waals surface area (Å²) in [6.07, 6.45) is 3.17. The molecule has 0 unspecified atom stereocenters. The van der Waals surface area contributed by atoms with Gasteiger partial charge in [-0.25, -0.2) is 8.78 Å². The number of hydrogen-bond donors (Lipinski definition) is 1. The Bertz CT molecular complexity index is 839. The molecule has 0 atom stereocenters. The van der Waals surface area contributed by atoms with Gasteiger partial charge in [0.1, 0.15) is 13.2 Å². The zero-order valence-corrected chi connectivity index (χ0v) is 14.2. The average Bonchev–Trinajstić information content (AvgIpc) is 2.63. The predicted molar refractivity (Wildman–Crippen MR) is 93.3 cm³/mol. The normalized spacial score (nSPS) is 13.5. The monoisotopic (exact) mass is 363 g/mol. The number of benzene rings is 2. The number of ketones is 1. The summed E-state index contributed by atoms with van der Waals surface area (Å²) in [5.41, 5.74) is 0.803. The van der Waals surface area contributed by atoms with Crippen LogP contribution in [0.25, 0.3) is 0 Å². The van der Waals surface area contributed by atoms with Crippen LogP contribution in [-0.2, 0) is 0 Å². The summed E-state index contributed by atoms with van der Waals surface area (Å²) in [4.78, 5) is 12.5. The Morgan fingerprint density at radius 3 is 2.56 bits per heavy atom. The maximum atomic E-state index is 13.3. The standard InChI is InChI=1S/C18H15F2NO3S/c1-25-18(21-12-3-4-13(19)14(20)9-12)10-15(22)11-2-5-16-17(8-11)24-7-6-23-16/h2-5,8-10,21H,6-7H2,1H3. The maximum Gasteiger partial charge on any atom is 0.188 e. The average molecular weight is 363 g/mol. The van der Waals surface area contributed by atoms with Gasteiger partial charge in [0, 0.05) is 23.4 Å². The fourth-order valence-corrected chi connectivity index (χ4v) is 2.71. The van der Waals surface area contributed by atoms with Gasteiger partial charge in [0.05, 0.1) is 5.03 Å². The Kier molecular flexibility index (Phi) is 5.23. The van der Waals surface area contributed by atoms with Gasteiger partial charge in [-0.2, -0.15) is 0 Å². The Labute approximate surface area is 147 Å². The molecule has 25 heavy (non-hydrogen) atoms. The lowest BCUT2D eigenvalue weighted by molar-refractivity contribution is 0.104. The summed E-state index contributed by atoms with van der Waals surface area (Å²) in [7, 11) is 0. The van der Waals surface area contributed by atoms with Crippen molar-refractivity contribution in [3.8, 4) is 11.5 Å². The minimum Gasteiger partial charge on any atom is -0.486 e. The van der Waals surface area contributed by atoms with E-state index in [2.05, 4.69) is 5.32 Å². The van der Waals surface area contributed by atoms with Gasteiger partial charge in [-0.1, -0.05) is 0 Å². The highest BCUT2D eigenvalue weighted by molar-refractivity contribution is 8.02. The minimum atomic E-state index is -0.955. The van der Waals surface area contributed by atoms with Crippen molar-refractivity contribution in [3.63, 3.8) is 0 Å². The van der Waals surface area contributed by atoms with Crippen molar-refractivity contribution < 1.29 is 23.0 Å². The van der Waals surface area contributed by atoms with Crippen LogP contribution in [-0.4, -0.2) is 25.3 Å². The molecule has 0 aromatic heterocycles. The van der Waals surface area contributed by atoms with Gasteiger partial charge in [0.15, 0.2) is 28.9 Å². The predicted octanol–water partition coefficient (Wildman–Crippen LogP) is 4.24. The second-order valence-corrected chi connectivity index (χ2v) is 6.04. The van der Waals surface area contributed by atoms with Gasteiger partial charge in [-0.05, 0) is 36.6 Å². The van der Waals surface area contributed by atoms with Crippen molar-refractivity contribution in [2.24, 2.45) is 0 Å². The number of carbonyl (C=O) groups excluding carboxylic acids is 1. The summed E-state index contributed by atoms with van der Waals surface area (Å²) in [6.45, 7) is 0.920. The van der Waals surface area contributed by atoms with Crippen LogP contribution in [0, 0.1) is 11.6 Å². The molecule has 0 amide bonds. The number of thioether (sulfide) groups is 1. The first-order chi connectivity index (χ1) is 12.1. The topological polar surface area (TPSA) is 47.6 Å². The quantitative estimate of drug-likeness (QED) is 0.636. The first-order valence-electron chi connectivity index (χ1n) is 7.48. The molecule has 3 rings (SSSR count). The molecule has 0 radical (unpaired) electrons. The molecule has 0 saturated heterocycles. The van der Waals surface area contributed by atoms with Crippen molar-refractivity contribution in [1.29, 1.82) is 0 Å². The highest BCUT2D eigenvalue weighted by Gasteiger charge is 2.14. The van der Waals surface area contributed by atoms with Crippen LogP contribution in [0.1, 0.15) is 10.4 Å². The molecule has 1 aliphatic rings. The molecule has 2 aromatic rings. The molecular weight excluding hydrogens is 348 g/mol. The third kappa shape index (κ3) is 4.11. The van der Waals surface area contributed by atoms with E-state index in [1.54, 1.807) is 24.5 Å². The van der Waals surface area contributed by atoms with Crippen molar-refractivity contribution in [2.45, 2.75) is 0 Å². The van der Waals surface area contributed by atoms with Gasteiger partial charge in [-0.15, -0.1) is 11.8 Å². The second kappa shape index (κ2) is 7.57. The van der Waals surface area contributed by atoms with Crippen LogP contribution in [0.3, 0.4) is 0 Å². The van der Waals surface area contributed by atoms with E-state index in [0.29, 0.717) is 41.0 Å². The molecule has 0 aliphatic carbocycles. The van der Waals surface area contributed by atoms with Crippen molar-refractivity contribution >= 4 is 23.2 Å². The zero-order valence-electron chi connectivity index (χ0n) is 13.3. The Hall–Kier alpha value is -2.54. The second-order valence-electron chi connectivity index (χ2n) is 5.19. The molecule has 0 bridgehead atoms. The highest BCUT2D eigenvalue weighted by atomic mass is 32.2. The molecule has 4 nitrogen and oxygen atoms in total. The SMILES string of the molecule is CSC(=CC(=O)c1ccc2c(c1)OCCO2)Nc1ccc(F)c(F)c1. The van der Waals surface area contributed by atoms with Crippen LogP contribution >= 0.6 is 11.8 Å². The molecule has 2 aromatic carbocycles. The van der Waals surface area contributed by atoms with E-state index < -0.39 is 11.6 Å². The molecule has 7 heteroatoms. The summed E-state index contributed by atoms with van der Waals surface area (Å²) in [5, 5.41) is 3.41. The molecule has 1 aliphatic heterocycles. The number of fused-ring (bicyclic) bond motifs is 1. The van der Waals surface area contributed by atoms with Crippen LogP contribution in [0.4, 0.5) is 14.5 Å². The molecule has 0 spiro atoms. The highest BCUT2D eigenvalue weighted by Crippen LogP contribution is 2.31. The van der Waals surface area contributed by atoms with Crippen LogP contribution in [0.15, 0.2) is 47.5 Å². The van der Waals surface area contributed by atoms with Crippen LogP contribution in [0.2, 0.25) is 0 Å². The summed E-state index contributed by atoms with van der Waals surface area (Å²) in [5.74, 6) is -0.978. The van der Waals surface area contributed by atoms with Crippen LogP contribution in [0.5, 0.6) is 11.5 Å². The van der Waals surface area contributed by atoms with E-state index in [4.69, 9.17) is 9.47 Å². The number of allylic oxidation sites excluding steroid dienone is 1. The van der Waals surface area contributed by atoms with E-state index in [1.807, 2.05) is 0 Å². The van der Waals surface area contributed by atoms with Gasteiger partial charge in [0.2, 0.25) is 0 Å². The number of anilines is 1. The molecule has 0 saturated carbocycles. The Morgan fingerprint density at radius 2 is 1.84 bits per heavy atom. The van der Waals surface area contributed by atoms with E-state index in [0.717, 1.165) is 12.1 Å². The van der Waals surface area contributed by atoms with Gasteiger partial charge in [-0.3, -0.25) is 4.79 Å². The number of nitrogens with one attached hydrogen (secondary N) is 1. The summed E-state index contributed by atoms with van der Waals surface area (Å²) in [6, 6.07) is 8.44. The number of halogens is 2. The first kappa shape index (κ1) is 17.3. The fraction of sp³-hybridized carbons (Fsp3) is 0.167.